The van der Waals surface area contributed by atoms with Gasteiger partial charge in [0, 0.05) is 18.2 Å². The molecule has 1 unspecified atom stereocenters. The van der Waals surface area contributed by atoms with Gasteiger partial charge >= 0.3 is 0 Å². The Morgan fingerprint density at radius 3 is 2.67 bits per heavy atom. The Morgan fingerprint density at radius 2 is 2.00 bits per heavy atom. The van der Waals surface area contributed by atoms with Crippen molar-refractivity contribution in [3.8, 4) is 22.9 Å². The molecule has 36 heavy (non-hydrogen) atoms. The highest BCUT2D eigenvalue weighted by Gasteiger charge is 2.35. The first-order chi connectivity index (χ1) is 17.5. The normalized spacial score (nSPS) is 14.4. The fraction of sp³-hybridized carbons (Fsp3) is 0.458. The zero-order valence-corrected chi connectivity index (χ0v) is 20.3. The molecule has 0 saturated heterocycles. The predicted octanol–water partition coefficient (Wildman–Crippen LogP) is 1.57. The largest absolute Gasteiger partial charge is 0.493 e. The van der Waals surface area contributed by atoms with Gasteiger partial charge in [-0.1, -0.05) is 12.8 Å². The van der Waals surface area contributed by atoms with E-state index in [2.05, 4.69) is 20.7 Å². The molecule has 3 aromatic rings. The minimum absolute atomic E-state index is 0.0575. The molecule has 0 radical (unpaired) electrons. The SMILES string of the molecule is COc1ccc(-c2nnn(CC(=O)N(CCO)C(C(=O)NC3CCCC3)c3ccco3)n2)cc1OC. The highest BCUT2D eigenvalue weighted by atomic mass is 16.5. The molecule has 12 heteroatoms. The third-order valence-corrected chi connectivity index (χ3v) is 6.11. The summed E-state index contributed by atoms with van der Waals surface area (Å²) in [5, 5.41) is 25.0. The predicted molar refractivity (Wildman–Crippen MR) is 127 cm³/mol. The van der Waals surface area contributed by atoms with Crippen LogP contribution in [0.3, 0.4) is 0 Å². The Labute approximate surface area is 208 Å². The highest BCUT2D eigenvalue weighted by molar-refractivity contribution is 5.88. The van der Waals surface area contributed by atoms with Crippen molar-refractivity contribution in [3.05, 3.63) is 42.4 Å². The lowest BCUT2D eigenvalue weighted by atomic mass is 10.1. The lowest BCUT2D eigenvalue weighted by Crippen LogP contribution is -2.48. The van der Waals surface area contributed by atoms with Crippen LogP contribution in [0.5, 0.6) is 11.5 Å². The Bertz CT molecular complexity index is 1160. The summed E-state index contributed by atoms with van der Waals surface area (Å²) in [5.74, 6) is 0.845. The molecule has 1 saturated carbocycles. The number of aliphatic hydroxyl groups excluding tert-OH is 1. The van der Waals surface area contributed by atoms with Crippen molar-refractivity contribution in [3.63, 3.8) is 0 Å². The first kappa shape index (κ1) is 25.2. The molecule has 0 bridgehead atoms. The van der Waals surface area contributed by atoms with Crippen molar-refractivity contribution in [1.29, 1.82) is 0 Å². The number of hydrogen-bond acceptors (Lipinski definition) is 9. The van der Waals surface area contributed by atoms with Gasteiger partial charge in [-0.05, 0) is 48.4 Å². The third kappa shape index (κ3) is 5.65. The second-order valence-electron chi connectivity index (χ2n) is 8.43. The van der Waals surface area contributed by atoms with Crippen molar-refractivity contribution < 1.29 is 28.6 Å². The number of furan rings is 1. The second kappa shape index (κ2) is 11.7. The highest BCUT2D eigenvalue weighted by Crippen LogP contribution is 2.31. The molecule has 2 amide bonds. The average Bonchev–Trinajstić information content (AvgIpc) is 3.67. The lowest BCUT2D eigenvalue weighted by Gasteiger charge is -2.30. The number of aromatic nitrogens is 4. The van der Waals surface area contributed by atoms with Gasteiger partial charge in [0.1, 0.15) is 12.3 Å². The number of benzene rings is 1. The number of ether oxygens (including phenoxy) is 2. The smallest absolute Gasteiger partial charge is 0.250 e. The topological polar surface area (TPSA) is 145 Å². The molecule has 1 aromatic carbocycles. The molecule has 0 aliphatic heterocycles. The number of hydrogen-bond donors (Lipinski definition) is 2. The summed E-state index contributed by atoms with van der Waals surface area (Å²) in [4.78, 5) is 29.0. The molecule has 0 spiro atoms. The molecule has 1 aliphatic carbocycles. The lowest BCUT2D eigenvalue weighted by molar-refractivity contribution is -0.143. The summed E-state index contributed by atoms with van der Waals surface area (Å²) in [7, 11) is 3.07. The van der Waals surface area contributed by atoms with Crippen molar-refractivity contribution in [2.45, 2.75) is 44.3 Å². The fourth-order valence-corrected chi connectivity index (χ4v) is 4.34. The number of aliphatic hydroxyl groups is 1. The van der Waals surface area contributed by atoms with Crippen LogP contribution in [0.15, 0.2) is 41.0 Å². The van der Waals surface area contributed by atoms with Crippen LogP contribution in [0, 0.1) is 0 Å². The summed E-state index contributed by atoms with van der Waals surface area (Å²) in [6, 6.07) is 7.50. The number of nitrogens with zero attached hydrogens (tertiary/aromatic N) is 5. The molecule has 2 aromatic heterocycles. The summed E-state index contributed by atoms with van der Waals surface area (Å²) < 4.78 is 16.1. The number of carbonyl (C=O) groups is 2. The standard InChI is InChI=1S/C24H30N6O6/c1-34-18-10-9-16(14-20(18)35-2)23-26-28-30(27-23)15-21(32)29(11-12-31)22(19-8-5-13-36-19)24(33)25-17-6-3-4-7-17/h5,8-10,13-14,17,22,31H,3-4,6-7,11-12,15H2,1-2H3,(H,25,33). The maximum Gasteiger partial charge on any atom is 0.250 e. The zero-order valence-electron chi connectivity index (χ0n) is 20.3. The summed E-state index contributed by atoms with van der Waals surface area (Å²) in [6.45, 7) is -0.685. The van der Waals surface area contributed by atoms with Crippen LogP contribution in [0.25, 0.3) is 11.4 Å². The van der Waals surface area contributed by atoms with Gasteiger partial charge < -0.3 is 29.2 Å². The van der Waals surface area contributed by atoms with Gasteiger partial charge in [-0.3, -0.25) is 9.59 Å². The molecule has 1 atom stereocenters. The van der Waals surface area contributed by atoms with Crippen molar-refractivity contribution >= 4 is 11.8 Å². The van der Waals surface area contributed by atoms with Gasteiger partial charge in [0.15, 0.2) is 17.5 Å². The monoisotopic (exact) mass is 498 g/mol. The van der Waals surface area contributed by atoms with Crippen LogP contribution in [-0.4, -0.2) is 75.4 Å². The fourth-order valence-electron chi connectivity index (χ4n) is 4.34. The van der Waals surface area contributed by atoms with Gasteiger partial charge in [0.25, 0.3) is 5.91 Å². The van der Waals surface area contributed by atoms with Crippen molar-refractivity contribution in [2.24, 2.45) is 0 Å². The number of nitrogens with one attached hydrogen (secondary N) is 1. The number of carbonyl (C=O) groups excluding carboxylic acids is 2. The van der Waals surface area contributed by atoms with E-state index in [4.69, 9.17) is 13.9 Å². The zero-order chi connectivity index (χ0) is 25.5. The number of amides is 2. The van der Waals surface area contributed by atoms with Crippen molar-refractivity contribution in [1.82, 2.24) is 30.4 Å². The van der Waals surface area contributed by atoms with E-state index in [1.165, 1.54) is 18.3 Å². The Kier molecular flexibility index (Phi) is 8.16. The summed E-state index contributed by atoms with van der Waals surface area (Å²) >= 11 is 0. The summed E-state index contributed by atoms with van der Waals surface area (Å²) in [5.41, 5.74) is 0.628. The maximum absolute atomic E-state index is 13.3. The molecule has 2 heterocycles. The van der Waals surface area contributed by atoms with Gasteiger partial charge in [-0.25, -0.2) is 0 Å². The van der Waals surface area contributed by atoms with E-state index in [1.807, 2.05) is 0 Å². The van der Waals surface area contributed by atoms with Crippen LogP contribution < -0.4 is 14.8 Å². The molecule has 1 aliphatic rings. The molecule has 12 nitrogen and oxygen atoms in total. The van der Waals surface area contributed by atoms with E-state index in [0.717, 1.165) is 30.5 Å². The van der Waals surface area contributed by atoms with Crippen LogP contribution >= 0.6 is 0 Å². The van der Waals surface area contributed by atoms with Crippen LogP contribution in [0.2, 0.25) is 0 Å². The summed E-state index contributed by atoms with van der Waals surface area (Å²) in [6.07, 6.45) is 5.34. The molecule has 4 rings (SSSR count). The second-order valence-corrected chi connectivity index (χ2v) is 8.43. The van der Waals surface area contributed by atoms with Crippen LogP contribution in [-0.2, 0) is 16.1 Å². The van der Waals surface area contributed by atoms with E-state index < -0.39 is 11.9 Å². The number of methoxy groups -OCH3 is 2. The van der Waals surface area contributed by atoms with E-state index in [-0.39, 0.29) is 31.6 Å². The minimum Gasteiger partial charge on any atom is -0.493 e. The number of tetrazole rings is 1. The van der Waals surface area contributed by atoms with E-state index >= 15 is 0 Å². The average molecular weight is 499 g/mol. The van der Waals surface area contributed by atoms with Crippen LogP contribution in [0.4, 0.5) is 0 Å². The number of rotatable bonds is 11. The van der Waals surface area contributed by atoms with Gasteiger partial charge in [0.2, 0.25) is 11.7 Å². The quantitative estimate of drug-likeness (QED) is 0.402. The Hall–Kier alpha value is -3.93. The third-order valence-electron chi connectivity index (χ3n) is 6.11. The molecular weight excluding hydrogens is 468 g/mol. The van der Waals surface area contributed by atoms with Gasteiger partial charge in [0.05, 0.1) is 27.1 Å². The molecule has 192 valence electrons. The molecule has 1 fully saturated rings. The maximum atomic E-state index is 13.3. The molecule has 2 N–H and O–H groups in total. The Morgan fingerprint density at radius 1 is 1.22 bits per heavy atom. The van der Waals surface area contributed by atoms with E-state index in [1.54, 1.807) is 37.4 Å². The Balaban J connectivity index is 1.53. The van der Waals surface area contributed by atoms with Crippen molar-refractivity contribution in [2.75, 3.05) is 27.4 Å². The van der Waals surface area contributed by atoms with Crippen LogP contribution in [0.1, 0.15) is 37.5 Å². The molecular formula is C24H30N6O6. The van der Waals surface area contributed by atoms with E-state index in [0.29, 0.717) is 28.6 Å². The first-order valence-electron chi connectivity index (χ1n) is 11.8. The van der Waals surface area contributed by atoms with E-state index in [9.17, 15) is 14.7 Å². The van der Waals surface area contributed by atoms with Gasteiger partial charge in [-0.2, -0.15) is 4.80 Å². The first-order valence-corrected chi connectivity index (χ1v) is 11.8. The van der Waals surface area contributed by atoms with Gasteiger partial charge in [-0.15, -0.1) is 10.2 Å². The minimum atomic E-state index is -1.03.